The van der Waals surface area contributed by atoms with Gasteiger partial charge in [-0.2, -0.15) is 0 Å². The van der Waals surface area contributed by atoms with Gasteiger partial charge in [-0.05, 0) is 24.3 Å². The van der Waals surface area contributed by atoms with Crippen LogP contribution >= 0.6 is 11.6 Å². The summed E-state index contributed by atoms with van der Waals surface area (Å²) in [4.78, 5) is 27.3. The number of carbonyl (C=O) groups excluding carboxylic acids is 2. The largest absolute Gasteiger partial charge is 0.493 e. The molecule has 0 radical (unpaired) electrons. The smallest absolute Gasteiger partial charge is 0.257 e. The molecule has 1 aromatic heterocycles. The predicted octanol–water partition coefficient (Wildman–Crippen LogP) is 1.87. The van der Waals surface area contributed by atoms with Crippen molar-refractivity contribution in [1.82, 2.24) is 4.98 Å². The topological polar surface area (TPSA) is 113 Å². The highest BCUT2D eigenvalue weighted by Gasteiger charge is 2.18. The molecule has 1 aromatic carbocycles. The van der Waals surface area contributed by atoms with Gasteiger partial charge < -0.3 is 25.3 Å². The van der Waals surface area contributed by atoms with E-state index in [0.717, 1.165) is 0 Å². The molecule has 0 aliphatic rings. The molecule has 0 spiro atoms. The van der Waals surface area contributed by atoms with Crippen LogP contribution in [0.15, 0.2) is 30.5 Å². The third-order valence-corrected chi connectivity index (χ3v) is 3.27. The summed E-state index contributed by atoms with van der Waals surface area (Å²) >= 11 is 5.76. The van der Waals surface area contributed by atoms with E-state index >= 15 is 0 Å². The van der Waals surface area contributed by atoms with Gasteiger partial charge in [0.1, 0.15) is 5.82 Å². The van der Waals surface area contributed by atoms with Crippen molar-refractivity contribution < 1.29 is 23.8 Å². The third-order valence-electron chi connectivity index (χ3n) is 3.05. The Morgan fingerprint density at radius 3 is 2.32 bits per heavy atom. The normalized spacial score (nSPS) is 10.0. The highest BCUT2D eigenvalue weighted by Crippen LogP contribution is 2.38. The van der Waals surface area contributed by atoms with E-state index in [-0.39, 0.29) is 29.4 Å². The summed E-state index contributed by atoms with van der Waals surface area (Å²) in [5.41, 5.74) is 5.32. The minimum Gasteiger partial charge on any atom is -0.493 e. The lowest BCUT2D eigenvalue weighted by molar-refractivity contribution is -0.120. The average Bonchev–Trinajstić information content (AvgIpc) is 2.60. The maximum absolute atomic E-state index is 12.4. The molecule has 0 fully saturated rings. The quantitative estimate of drug-likeness (QED) is 0.774. The molecule has 0 aliphatic heterocycles. The maximum Gasteiger partial charge on any atom is 0.257 e. The fourth-order valence-electron chi connectivity index (χ4n) is 1.93. The van der Waals surface area contributed by atoms with Crippen molar-refractivity contribution in [2.24, 2.45) is 5.73 Å². The van der Waals surface area contributed by atoms with Gasteiger partial charge in [-0.15, -0.1) is 0 Å². The van der Waals surface area contributed by atoms with E-state index < -0.39 is 11.8 Å². The first-order valence-corrected chi connectivity index (χ1v) is 7.42. The second kappa shape index (κ2) is 8.20. The van der Waals surface area contributed by atoms with Crippen LogP contribution in [0.1, 0.15) is 10.4 Å². The first-order chi connectivity index (χ1) is 11.9. The molecule has 2 rings (SSSR count). The van der Waals surface area contributed by atoms with Crippen LogP contribution in [0.5, 0.6) is 17.2 Å². The van der Waals surface area contributed by atoms with E-state index in [1.165, 1.54) is 32.5 Å². The van der Waals surface area contributed by atoms with E-state index in [4.69, 9.17) is 31.5 Å². The lowest BCUT2D eigenvalue weighted by atomic mass is 10.1. The number of ether oxygens (including phenoxy) is 3. The van der Waals surface area contributed by atoms with Crippen LogP contribution in [0.25, 0.3) is 0 Å². The van der Waals surface area contributed by atoms with Gasteiger partial charge in [-0.1, -0.05) is 11.6 Å². The van der Waals surface area contributed by atoms with Crippen molar-refractivity contribution in [1.29, 1.82) is 0 Å². The lowest BCUT2D eigenvalue weighted by Crippen LogP contribution is -2.20. The van der Waals surface area contributed by atoms with Gasteiger partial charge in [-0.25, -0.2) is 4.98 Å². The number of carbonyl (C=O) groups is 2. The number of nitrogens with one attached hydrogen (secondary N) is 1. The van der Waals surface area contributed by atoms with Crippen LogP contribution in [-0.2, 0) is 4.79 Å². The van der Waals surface area contributed by atoms with E-state index in [1.807, 2.05) is 0 Å². The zero-order valence-electron chi connectivity index (χ0n) is 13.5. The number of aromatic nitrogens is 1. The Bertz CT molecular complexity index is 755. The molecule has 8 nitrogen and oxygen atoms in total. The number of primary amides is 1. The zero-order valence-corrected chi connectivity index (χ0v) is 14.3. The molecule has 2 aromatic rings. The number of hydrogen-bond donors (Lipinski definition) is 2. The molecule has 0 atom stereocenters. The number of benzene rings is 1. The van der Waals surface area contributed by atoms with Gasteiger partial charge in [0, 0.05) is 11.8 Å². The monoisotopic (exact) mass is 365 g/mol. The summed E-state index contributed by atoms with van der Waals surface area (Å²) in [6, 6.07) is 6.07. The van der Waals surface area contributed by atoms with E-state index in [9.17, 15) is 9.59 Å². The van der Waals surface area contributed by atoms with Crippen LogP contribution in [0.2, 0.25) is 5.02 Å². The molecule has 132 valence electrons. The number of methoxy groups -OCH3 is 2. The van der Waals surface area contributed by atoms with Crippen molar-refractivity contribution in [2.75, 3.05) is 26.1 Å². The second-order valence-corrected chi connectivity index (χ2v) is 5.22. The first-order valence-electron chi connectivity index (χ1n) is 7.04. The third kappa shape index (κ3) is 4.74. The number of amides is 2. The summed E-state index contributed by atoms with van der Waals surface area (Å²) < 4.78 is 15.7. The number of pyridine rings is 1. The van der Waals surface area contributed by atoms with Crippen LogP contribution in [0.4, 0.5) is 5.82 Å². The molecular weight excluding hydrogens is 350 g/mol. The van der Waals surface area contributed by atoms with Crippen molar-refractivity contribution >= 4 is 29.2 Å². The standard InChI is InChI=1S/C16H16ClN3O5/c1-23-11-5-9(6-12(24-2)15(11)25-8-13(18)21)16(22)20-14-4-3-10(17)7-19-14/h3-7H,8H2,1-2H3,(H2,18,21)(H,19,20,22). The second-order valence-electron chi connectivity index (χ2n) is 4.78. The van der Waals surface area contributed by atoms with Gasteiger partial charge in [0.2, 0.25) is 5.75 Å². The fourth-order valence-corrected chi connectivity index (χ4v) is 2.05. The lowest BCUT2D eigenvalue weighted by Gasteiger charge is -2.15. The molecule has 25 heavy (non-hydrogen) atoms. The Labute approximate surface area is 148 Å². The van der Waals surface area contributed by atoms with Crippen molar-refractivity contribution in [3.8, 4) is 17.2 Å². The van der Waals surface area contributed by atoms with Crippen LogP contribution < -0.4 is 25.3 Å². The van der Waals surface area contributed by atoms with Crippen molar-refractivity contribution in [3.05, 3.63) is 41.0 Å². The highest BCUT2D eigenvalue weighted by molar-refractivity contribution is 6.30. The Morgan fingerprint density at radius 1 is 1.20 bits per heavy atom. The summed E-state index contributed by atoms with van der Waals surface area (Å²) in [6.45, 7) is -0.354. The van der Waals surface area contributed by atoms with Crippen LogP contribution in [-0.4, -0.2) is 37.6 Å². The SMILES string of the molecule is COc1cc(C(=O)Nc2ccc(Cl)cn2)cc(OC)c1OCC(N)=O. The Kier molecular flexibility index (Phi) is 6.02. The summed E-state index contributed by atoms with van der Waals surface area (Å²) in [5, 5.41) is 3.08. The van der Waals surface area contributed by atoms with Crippen LogP contribution in [0, 0.1) is 0 Å². The molecule has 9 heteroatoms. The maximum atomic E-state index is 12.4. The predicted molar refractivity (Wildman–Crippen MR) is 91.4 cm³/mol. The minimum atomic E-state index is -0.653. The number of hydrogen-bond acceptors (Lipinski definition) is 6. The zero-order chi connectivity index (χ0) is 18.4. The molecule has 3 N–H and O–H groups in total. The number of halogens is 1. The van der Waals surface area contributed by atoms with Crippen molar-refractivity contribution in [2.45, 2.75) is 0 Å². The molecule has 0 saturated carbocycles. The molecule has 2 amide bonds. The molecule has 0 bridgehead atoms. The van der Waals surface area contributed by atoms with Crippen molar-refractivity contribution in [3.63, 3.8) is 0 Å². The van der Waals surface area contributed by atoms with Gasteiger partial charge in [-0.3, -0.25) is 9.59 Å². The van der Waals surface area contributed by atoms with Gasteiger partial charge in [0.05, 0.1) is 19.2 Å². The summed E-state index contributed by atoms with van der Waals surface area (Å²) in [7, 11) is 2.79. The number of rotatable bonds is 7. The summed E-state index contributed by atoms with van der Waals surface area (Å²) in [6.07, 6.45) is 1.42. The molecule has 0 aliphatic carbocycles. The van der Waals surface area contributed by atoms with Gasteiger partial charge in [0.15, 0.2) is 18.1 Å². The molecule has 0 unspecified atom stereocenters. The Morgan fingerprint density at radius 2 is 1.84 bits per heavy atom. The fraction of sp³-hybridized carbons (Fsp3) is 0.188. The number of anilines is 1. The van der Waals surface area contributed by atoms with E-state index in [2.05, 4.69) is 10.3 Å². The summed E-state index contributed by atoms with van der Waals surface area (Å²) in [5.74, 6) is -0.149. The first kappa shape index (κ1) is 18.3. The molecule has 1 heterocycles. The molecular formula is C16H16ClN3O5. The Balaban J connectivity index is 2.29. The van der Waals surface area contributed by atoms with Gasteiger partial charge in [0.25, 0.3) is 11.8 Å². The number of nitrogens with two attached hydrogens (primary N) is 1. The number of nitrogens with zero attached hydrogens (tertiary/aromatic N) is 1. The average molecular weight is 366 g/mol. The molecule has 0 saturated heterocycles. The van der Waals surface area contributed by atoms with E-state index in [1.54, 1.807) is 12.1 Å². The van der Waals surface area contributed by atoms with Crippen LogP contribution in [0.3, 0.4) is 0 Å². The van der Waals surface area contributed by atoms with Gasteiger partial charge >= 0.3 is 0 Å². The highest BCUT2D eigenvalue weighted by atomic mass is 35.5. The minimum absolute atomic E-state index is 0.171. The van der Waals surface area contributed by atoms with E-state index in [0.29, 0.717) is 10.8 Å². The Hall–Kier alpha value is -3.00.